The summed E-state index contributed by atoms with van der Waals surface area (Å²) >= 11 is 2.31. The molecule has 30 heavy (non-hydrogen) atoms. The molecule has 0 fully saturated rings. The number of methoxy groups -OCH3 is 1. The van der Waals surface area contributed by atoms with Crippen molar-refractivity contribution in [1.29, 1.82) is 0 Å². The van der Waals surface area contributed by atoms with Crippen molar-refractivity contribution >= 4 is 45.6 Å². The van der Waals surface area contributed by atoms with Crippen LogP contribution in [0.2, 0.25) is 0 Å². The van der Waals surface area contributed by atoms with Gasteiger partial charge in [-0.05, 0) is 58.5 Å². The number of aromatic nitrogens is 1. The minimum absolute atomic E-state index is 0.314. The van der Waals surface area contributed by atoms with Crippen molar-refractivity contribution in [2.75, 3.05) is 7.11 Å². The van der Waals surface area contributed by atoms with Gasteiger partial charge in [-0.2, -0.15) is 5.10 Å². The lowest BCUT2D eigenvalue weighted by Crippen LogP contribution is -2.18. The summed E-state index contributed by atoms with van der Waals surface area (Å²) in [6, 6.07) is 23.7. The van der Waals surface area contributed by atoms with E-state index in [0.717, 1.165) is 23.0 Å². The van der Waals surface area contributed by atoms with Crippen molar-refractivity contribution < 1.29 is 9.53 Å². The van der Waals surface area contributed by atoms with E-state index >= 15 is 0 Å². The molecule has 0 saturated heterocycles. The molecule has 0 atom stereocenters. The number of rotatable bonds is 6. The quantitative estimate of drug-likeness (QED) is 0.224. The van der Waals surface area contributed by atoms with Crippen molar-refractivity contribution in [3.8, 4) is 5.75 Å². The molecule has 1 aromatic heterocycles. The summed E-state index contributed by atoms with van der Waals surface area (Å²) in [5, 5.41) is 5.26. The summed E-state index contributed by atoms with van der Waals surface area (Å²) in [4.78, 5) is 12.4. The molecule has 5 nitrogen and oxygen atoms in total. The van der Waals surface area contributed by atoms with Crippen molar-refractivity contribution in [2.45, 2.75) is 6.54 Å². The fourth-order valence-corrected chi connectivity index (χ4v) is 3.71. The molecule has 0 radical (unpaired) electrons. The summed E-state index contributed by atoms with van der Waals surface area (Å²) in [6.45, 7) is 0.763. The molecule has 0 aliphatic heterocycles. The Bertz CT molecular complexity index is 1210. The number of hydrogen-bond donors (Lipinski definition) is 1. The van der Waals surface area contributed by atoms with Crippen molar-refractivity contribution in [1.82, 2.24) is 9.99 Å². The second-order valence-corrected chi connectivity index (χ2v) is 8.00. The smallest absolute Gasteiger partial charge is 0.275 e. The van der Waals surface area contributed by atoms with Crippen LogP contribution in [-0.4, -0.2) is 23.8 Å². The Kier molecular flexibility index (Phi) is 6.13. The third-order valence-corrected chi connectivity index (χ3v) is 5.53. The number of nitrogens with zero attached hydrogens (tertiary/aromatic N) is 2. The summed E-state index contributed by atoms with van der Waals surface area (Å²) in [5.41, 5.74) is 6.32. The molecule has 0 bridgehead atoms. The maximum atomic E-state index is 12.4. The second kappa shape index (κ2) is 9.13. The van der Waals surface area contributed by atoms with Crippen molar-refractivity contribution in [3.05, 3.63) is 99.3 Å². The SMILES string of the molecule is COc1ccccc1C(=O)N/N=C\c1cn(Cc2ccc(I)cc2)c2ccccc12. The zero-order valence-electron chi connectivity index (χ0n) is 16.4. The zero-order chi connectivity index (χ0) is 20.9. The van der Waals surface area contributed by atoms with Gasteiger partial charge in [-0.1, -0.05) is 42.5 Å². The van der Waals surface area contributed by atoms with Gasteiger partial charge in [0.15, 0.2) is 0 Å². The highest BCUT2D eigenvalue weighted by Crippen LogP contribution is 2.22. The summed E-state index contributed by atoms with van der Waals surface area (Å²) in [6.07, 6.45) is 3.74. The zero-order valence-corrected chi connectivity index (χ0v) is 18.5. The maximum absolute atomic E-state index is 12.4. The van der Waals surface area contributed by atoms with Gasteiger partial charge in [0.05, 0.1) is 18.9 Å². The van der Waals surface area contributed by atoms with E-state index in [-0.39, 0.29) is 5.91 Å². The molecule has 1 N–H and O–H groups in total. The van der Waals surface area contributed by atoms with Crippen LogP contribution < -0.4 is 10.2 Å². The molecule has 1 amide bonds. The van der Waals surface area contributed by atoms with Gasteiger partial charge >= 0.3 is 0 Å². The van der Waals surface area contributed by atoms with Gasteiger partial charge < -0.3 is 9.30 Å². The normalized spacial score (nSPS) is 11.1. The standard InChI is InChI=1S/C24H20IN3O2/c1-30-23-9-5-3-7-21(23)24(29)27-26-14-18-16-28(22-8-4-2-6-20(18)22)15-17-10-12-19(25)13-11-17/h2-14,16H,15H2,1H3,(H,27,29)/b26-14-. The van der Waals surface area contributed by atoms with Crippen LogP contribution in [0.4, 0.5) is 0 Å². The molecular weight excluding hydrogens is 489 g/mol. The highest BCUT2D eigenvalue weighted by atomic mass is 127. The van der Waals surface area contributed by atoms with E-state index in [1.54, 1.807) is 24.4 Å². The van der Waals surface area contributed by atoms with E-state index in [2.05, 4.69) is 80.3 Å². The lowest BCUT2D eigenvalue weighted by Gasteiger charge is -2.05. The van der Waals surface area contributed by atoms with E-state index in [9.17, 15) is 4.79 Å². The number of hydrazone groups is 1. The molecule has 1 heterocycles. The fourth-order valence-electron chi connectivity index (χ4n) is 3.35. The number of ether oxygens (including phenoxy) is 1. The Labute approximate surface area is 188 Å². The van der Waals surface area contributed by atoms with E-state index in [1.165, 1.54) is 16.2 Å². The summed E-state index contributed by atoms with van der Waals surface area (Å²) in [5.74, 6) is 0.200. The van der Waals surface area contributed by atoms with Gasteiger partial charge in [0.25, 0.3) is 5.91 Å². The van der Waals surface area contributed by atoms with E-state index in [1.807, 2.05) is 18.2 Å². The van der Waals surface area contributed by atoms with Crippen LogP contribution in [0.1, 0.15) is 21.5 Å². The van der Waals surface area contributed by atoms with Crippen LogP contribution in [-0.2, 0) is 6.54 Å². The van der Waals surface area contributed by atoms with Gasteiger partial charge in [0.2, 0.25) is 0 Å². The first-order valence-electron chi connectivity index (χ1n) is 9.44. The molecular formula is C24H20IN3O2. The van der Waals surface area contributed by atoms with E-state index < -0.39 is 0 Å². The van der Waals surface area contributed by atoms with Gasteiger partial charge in [-0.25, -0.2) is 5.43 Å². The Morgan fingerprint density at radius 1 is 1.07 bits per heavy atom. The van der Waals surface area contributed by atoms with Crippen LogP contribution >= 0.6 is 22.6 Å². The minimum Gasteiger partial charge on any atom is -0.496 e. The Hall–Kier alpha value is -3.13. The first-order valence-corrected chi connectivity index (χ1v) is 10.5. The van der Waals surface area contributed by atoms with Gasteiger partial charge in [-0.15, -0.1) is 0 Å². The largest absolute Gasteiger partial charge is 0.496 e. The number of carbonyl (C=O) groups is 1. The molecule has 0 aliphatic rings. The van der Waals surface area contributed by atoms with Crippen LogP contribution in [0.15, 0.2) is 84.1 Å². The predicted octanol–water partition coefficient (Wildman–Crippen LogP) is 5.07. The predicted molar refractivity (Wildman–Crippen MR) is 128 cm³/mol. The summed E-state index contributed by atoms with van der Waals surface area (Å²) < 4.78 is 8.65. The molecule has 0 spiro atoms. The van der Waals surface area contributed by atoms with Gasteiger partial charge in [-0.3, -0.25) is 4.79 Å². The number of carbonyl (C=O) groups excluding carboxylic acids is 1. The number of benzene rings is 3. The average molecular weight is 509 g/mol. The highest BCUT2D eigenvalue weighted by molar-refractivity contribution is 14.1. The molecule has 0 saturated carbocycles. The molecule has 0 aliphatic carbocycles. The first kappa shape index (κ1) is 20.2. The lowest BCUT2D eigenvalue weighted by molar-refractivity contribution is 0.0952. The molecule has 6 heteroatoms. The Morgan fingerprint density at radius 3 is 2.60 bits per heavy atom. The number of nitrogens with one attached hydrogen (secondary N) is 1. The van der Waals surface area contributed by atoms with Crippen LogP contribution in [0, 0.1) is 3.57 Å². The van der Waals surface area contributed by atoms with Crippen molar-refractivity contribution in [3.63, 3.8) is 0 Å². The van der Waals surface area contributed by atoms with Crippen LogP contribution in [0.3, 0.4) is 0 Å². The molecule has 3 aromatic carbocycles. The first-order chi connectivity index (χ1) is 14.7. The third-order valence-electron chi connectivity index (χ3n) is 4.81. The molecule has 0 unspecified atom stereocenters. The minimum atomic E-state index is -0.314. The van der Waals surface area contributed by atoms with Crippen LogP contribution in [0.5, 0.6) is 5.75 Å². The summed E-state index contributed by atoms with van der Waals surface area (Å²) in [7, 11) is 1.54. The number of fused-ring (bicyclic) bond motifs is 1. The number of amides is 1. The molecule has 4 aromatic rings. The van der Waals surface area contributed by atoms with E-state index in [4.69, 9.17) is 4.74 Å². The topological polar surface area (TPSA) is 55.6 Å². The van der Waals surface area contributed by atoms with Gasteiger partial charge in [0.1, 0.15) is 5.75 Å². The molecule has 4 rings (SSSR count). The third kappa shape index (κ3) is 4.38. The van der Waals surface area contributed by atoms with Crippen molar-refractivity contribution in [2.24, 2.45) is 5.10 Å². The fraction of sp³-hybridized carbons (Fsp3) is 0.0833. The number of hydrogen-bond acceptors (Lipinski definition) is 3. The number of halogens is 1. The highest BCUT2D eigenvalue weighted by Gasteiger charge is 2.11. The Balaban J connectivity index is 1.57. The Morgan fingerprint density at radius 2 is 1.80 bits per heavy atom. The lowest BCUT2D eigenvalue weighted by atomic mass is 10.2. The number of para-hydroxylation sites is 2. The maximum Gasteiger partial charge on any atom is 0.275 e. The second-order valence-electron chi connectivity index (χ2n) is 6.76. The van der Waals surface area contributed by atoms with Crippen LogP contribution in [0.25, 0.3) is 10.9 Å². The van der Waals surface area contributed by atoms with Gasteiger partial charge in [0, 0.05) is 32.8 Å². The average Bonchev–Trinajstić information content (AvgIpc) is 3.12. The molecule has 150 valence electrons. The monoisotopic (exact) mass is 509 g/mol. The van der Waals surface area contributed by atoms with E-state index in [0.29, 0.717) is 11.3 Å².